The van der Waals surface area contributed by atoms with E-state index in [4.69, 9.17) is 4.74 Å². The number of rotatable bonds is 4. The van der Waals surface area contributed by atoms with Crippen LogP contribution in [0, 0.1) is 17.8 Å². The van der Waals surface area contributed by atoms with Crippen molar-refractivity contribution in [2.75, 3.05) is 12.4 Å². The molecule has 0 spiro atoms. The van der Waals surface area contributed by atoms with Gasteiger partial charge in [-0.15, -0.1) is 0 Å². The van der Waals surface area contributed by atoms with Crippen molar-refractivity contribution in [3.8, 4) is 5.75 Å². The molecule has 2 bridgehead atoms. The number of hydrogen-bond donors (Lipinski definition) is 1. The minimum absolute atomic E-state index is 0.155. The van der Waals surface area contributed by atoms with Crippen LogP contribution >= 0.6 is 0 Å². The van der Waals surface area contributed by atoms with Crippen molar-refractivity contribution in [3.63, 3.8) is 0 Å². The quantitative estimate of drug-likeness (QED) is 0.899. The molecule has 1 aromatic rings. The van der Waals surface area contributed by atoms with Crippen molar-refractivity contribution in [1.82, 2.24) is 0 Å². The molecule has 19 heavy (non-hydrogen) atoms. The minimum atomic E-state index is 0.155. The number of ether oxygens (including phenoxy) is 1. The Kier molecular flexibility index (Phi) is 3.45. The van der Waals surface area contributed by atoms with Crippen molar-refractivity contribution < 1.29 is 9.53 Å². The van der Waals surface area contributed by atoms with Gasteiger partial charge in [0.05, 0.1) is 7.11 Å². The zero-order valence-electron chi connectivity index (χ0n) is 11.4. The van der Waals surface area contributed by atoms with Crippen molar-refractivity contribution >= 4 is 11.6 Å². The number of methoxy groups -OCH3 is 1. The molecule has 3 rings (SSSR count). The molecular formula is C16H21NO2. The van der Waals surface area contributed by atoms with Gasteiger partial charge in [-0.3, -0.25) is 4.79 Å². The minimum Gasteiger partial charge on any atom is -0.497 e. The molecule has 0 radical (unpaired) electrons. The zero-order chi connectivity index (χ0) is 13.2. The highest BCUT2D eigenvalue weighted by Gasteiger charge is 2.40. The fourth-order valence-electron chi connectivity index (χ4n) is 3.75. The summed E-state index contributed by atoms with van der Waals surface area (Å²) in [7, 11) is 1.64. The van der Waals surface area contributed by atoms with Gasteiger partial charge in [0.2, 0.25) is 5.91 Å². The van der Waals surface area contributed by atoms with Crippen LogP contribution in [-0.4, -0.2) is 13.0 Å². The largest absolute Gasteiger partial charge is 0.497 e. The van der Waals surface area contributed by atoms with E-state index in [0.717, 1.165) is 23.3 Å². The van der Waals surface area contributed by atoms with Crippen LogP contribution in [0.15, 0.2) is 24.3 Å². The Morgan fingerprint density at radius 3 is 2.63 bits per heavy atom. The maximum absolute atomic E-state index is 12.1. The number of carbonyl (C=O) groups is 1. The van der Waals surface area contributed by atoms with Gasteiger partial charge < -0.3 is 10.1 Å². The highest BCUT2D eigenvalue weighted by molar-refractivity contribution is 5.90. The van der Waals surface area contributed by atoms with Crippen molar-refractivity contribution in [2.45, 2.75) is 32.1 Å². The smallest absolute Gasteiger partial charge is 0.224 e. The molecule has 1 aromatic carbocycles. The number of anilines is 1. The number of nitrogens with one attached hydrogen (secondary N) is 1. The lowest BCUT2D eigenvalue weighted by Crippen LogP contribution is -2.20. The Morgan fingerprint density at radius 2 is 2.05 bits per heavy atom. The summed E-state index contributed by atoms with van der Waals surface area (Å²) in [6, 6.07) is 7.51. The van der Waals surface area contributed by atoms with Gasteiger partial charge in [-0.2, -0.15) is 0 Å². The molecule has 1 amide bonds. The van der Waals surface area contributed by atoms with Crippen LogP contribution in [0.2, 0.25) is 0 Å². The number of fused-ring (bicyclic) bond motifs is 2. The van der Waals surface area contributed by atoms with Gasteiger partial charge in [-0.1, -0.05) is 6.42 Å². The van der Waals surface area contributed by atoms with E-state index < -0.39 is 0 Å². The van der Waals surface area contributed by atoms with E-state index in [1.807, 2.05) is 24.3 Å². The van der Waals surface area contributed by atoms with Gasteiger partial charge >= 0.3 is 0 Å². The standard InChI is InChI=1S/C16H21NO2/c1-19-15-6-4-14(5-7-15)17-16(18)10-13-9-11-2-3-12(13)8-11/h4-7,11-13H,2-3,8-10H2,1H3,(H,17,18)/t11-,12-,13+/m1/s1. The van der Waals surface area contributed by atoms with Gasteiger partial charge in [0.25, 0.3) is 0 Å². The first-order chi connectivity index (χ1) is 9.24. The third kappa shape index (κ3) is 2.75. The summed E-state index contributed by atoms with van der Waals surface area (Å²) in [5.74, 6) is 3.31. The first-order valence-corrected chi connectivity index (χ1v) is 7.18. The van der Waals surface area contributed by atoms with E-state index in [9.17, 15) is 4.79 Å². The summed E-state index contributed by atoms with van der Waals surface area (Å²) in [6.07, 6.45) is 6.04. The summed E-state index contributed by atoms with van der Waals surface area (Å²) in [5.41, 5.74) is 0.856. The van der Waals surface area contributed by atoms with E-state index in [1.165, 1.54) is 25.7 Å². The van der Waals surface area contributed by atoms with Crippen LogP contribution in [0.1, 0.15) is 32.1 Å². The van der Waals surface area contributed by atoms with Crippen LogP contribution < -0.4 is 10.1 Å². The van der Waals surface area contributed by atoms with Gasteiger partial charge in [-0.05, 0) is 61.3 Å². The van der Waals surface area contributed by atoms with Gasteiger partial charge in [0.15, 0.2) is 0 Å². The topological polar surface area (TPSA) is 38.3 Å². The van der Waals surface area contributed by atoms with Crippen LogP contribution in [0.3, 0.4) is 0 Å². The van der Waals surface area contributed by atoms with Crippen LogP contribution in [0.5, 0.6) is 5.75 Å². The lowest BCUT2D eigenvalue weighted by atomic mass is 9.86. The Hall–Kier alpha value is -1.51. The van der Waals surface area contributed by atoms with Crippen molar-refractivity contribution in [3.05, 3.63) is 24.3 Å². The number of carbonyl (C=O) groups excluding carboxylic acids is 1. The third-order valence-corrected chi connectivity index (χ3v) is 4.71. The highest BCUT2D eigenvalue weighted by atomic mass is 16.5. The average Bonchev–Trinajstić information content (AvgIpc) is 3.02. The molecule has 2 aliphatic rings. The van der Waals surface area contributed by atoms with Gasteiger partial charge in [0, 0.05) is 12.1 Å². The molecule has 1 N–H and O–H groups in total. The van der Waals surface area contributed by atoms with Crippen LogP contribution in [0.25, 0.3) is 0 Å². The summed E-state index contributed by atoms with van der Waals surface area (Å²) in [4.78, 5) is 12.1. The fraction of sp³-hybridized carbons (Fsp3) is 0.562. The van der Waals surface area contributed by atoms with Crippen LogP contribution in [-0.2, 0) is 4.79 Å². The predicted octanol–water partition coefficient (Wildman–Crippen LogP) is 3.46. The van der Waals surface area contributed by atoms with E-state index in [1.54, 1.807) is 7.11 Å². The summed E-state index contributed by atoms with van der Waals surface area (Å²) >= 11 is 0. The van der Waals surface area contributed by atoms with E-state index in [-0.39, 0.29) is 5.91 Å². The monoisotopic (exact) mass is 259 g/mol. The Balaban J connectivity index is 1.53. The first kappa shape index (κ1) is 12.5. The van der Waals surface area contributed by atoms with Crippen molar-refractivity contribution in [2.24, 2.45) is 17.8 Å². The first-order valence-electron chi connectivity index (χ1n) is 7.18. The molecular weight excluding hydrogens is 238 g/mol. The Bertz CT molecular complexity index is 454. The molecule has 3 heteroatoms. The molecule has 0 aliphatic heterocycles. The maximum atomic E-state index is 12.1. The Labute approximate surface area is 114 Å². The maximum Gasteiger partial charge on any atom is 0.224 e. The van der Waals surface area contributed by atoms with E-state index in [2.05, 4.69) is 5.32 Å². The summed E-state index contributed by atoms with van der Waals surface area (Å²) in [6.45, 7) is 0. The molecule has 0 unspecified atom stereocenters. The molecule has 2 fully saturated rings. The molecule has 3 nitrogen and oxygen atoms in total. The molecule has 0 saturated heterocycles. The number of hydrogen-bond acceptors (Lipinski definition) is 2. The summed E-state index contributed by atoms with van der Waals surface area (Å²) < 4.78 is 5.10. The molecule has 0 heterocycles. The molecule has 3 atom stereocenters. The lowest BCUT2D eigenvalue weighted by molar-refractivity contribution is -0.117. The van der Waals surface area contributed by atoms with Gasteiger partial charge in [0.1, 0.15) is 5.75 Å². The summed E-state index contributed by atoms with van der Waals surface area (Å²) in [5, 5.41) is 2.99. The predicted molar refractivity (Wildman–Crippen MR) is 75.2 cm³/mol. The van der Waals surface area contributed by atoms with E-state index >= 15 is 0 Å². The number of benzene rings is 1. The van der Waals surface area contributed by atoms with Gasteiger partial charge in [-0.25, -0.2) is 0 Å². The molecule has 2 saturated carbocycles. The number of amides is 1. The van der Waals surface area contributed by atoms with Crippen LogP contribution in [0.4, 0.5) is 5.69 Å². The Morgan fingerprint density at radius 1 is 1.26 bits per heavy atom. The highest BCUT2D eigenvalue weighted by Crippen LogP contribution is 2.49. The third-order valence-electron chi connectivity index (χ3n) is 4.71. The SMILES string of the molecule is COc1ccc(NC(=O)C[C@@H]2C[C@@H]3CC[C@@H]2C3)cc1. The average molecular weight is 259 g/mol. The van der Waals surface area contributed by atoms with E-state index in [0.29, 0.717) is 12.3 Å². The second-order valence-corrected chi connectivity index (χ2v) is 5.92. The molecule has 0 aromatic heterocycles. The zero-order valence-corrected chi connectivity index (χ0v) is 11.4. The normalized spacial score (nSPS) is 28.4. The van der Waals surface area contributed by atoms with Crippen molar-refractivity contribution in [1.29, 1.82) is 0 Å². The second kappa shape index (κ2) is 5.24. The molecule has 102 valence electrons. The molecule has 2 aliphatic carbocycles. The second-order valence-electron chi connectivity index (χ2n) is 5.92. The fourth-order valence-corrected chi connectivity index (χ4v) is 3.75. The lowest BCUT2D eigenvalue weighted by Gasteiger charge is -2.20.